The Hall–Kier alpha value is -2.19. The third kappa shape index (κ3) is 5.23. The SMILES string of the molecule is CCC(CC)COC(=O)C1CC2CC(Nc3cccc(Cl)c3-c3nn[nH]n3)CCC2CN1. The highest BCUT2D eigenvalue weighted by molar-refractivity contribution is 6.33. The molecule has 174 valence electrons. The second-order valence-corrected chi connectivity index (χ2v) is 9.49. The number of ether oxygens (including phenoxy) is 1. The maximum atomic E-state index is 12.7. The van der Waals surface area contributed by atoms with E-state index in [9.17, 15) is 4.79 Å². The molecule has 2 aliphatic rings. The quantitative estimate of drug-likeness (QED) is 0.510. The summed E-state index contributed by atoms with van der Waals surface area (Å²) in [5.41, 5.74) is 1.68. The fourth-order valence-electron chi connectivity index (χ4n) is 5.06. The Morgan fingerprint density at radius 3 is 2.84 bits per heavy atom. The first-order chi connectivity index (χ1) is 15.6. The normalized spacial score (nSPS) is 25.4. The summed E-state index contributed by atoms with van der Waals surface area (Å²) in [6.07, 6.45) is 6.12. The van der Waals surface area contributed by atoms with Gasteiger partial charge in [-0.15, -0.1) is 10.2 Å². The van der Waals surface area contributed by atoms with E-state index in [1.165, 1.54) is 0 Å². The number of anilines is 1. The van der Waals surface area contributed by atoms with Crippen LogP contribution in [0.4, 0.5) is 5.69 Å². The van der Waals surface area contributed by atoms with E-state index in [-0.39, 0.29) is 12.0 Å². The van der Waals surface area contributed by atoms with E-state index >= 15 is 0 Å². The Bertz CT molecular complexity index is 889. The van der Waals surface area contributed by atoms with Gasteiger partial charge >= 0.3 is 5.97 Å². The van der Waals surface area contributed by atoms with Gasteiger partial charge in [-0.25, -0.2) is 0 Å². The van der Waals surface area contributed by atoms with Gasteiger partial charge < -0.3 is 15.4 Å². The van der Waals surface area contributed by atoms with E-state index < -0.39 is 0 Å². The van der Waals surface area contributed by atoms with E-state index in [2.05, 4.69) is 45.1 Å². The van der Waals surface area contributed by atoms with Crippen LogP contribution < -0.4 is 10.6 Å². The van der Waals surface area contributed by atoms with Gasteiger partial charge in [0.1, 0.15) is 6.04 Å². The van der Waals surface area contributed by atoms with E-state index in [1.807, 2.05) is 18.2 Å². The van der Waals surface area contributed by atoms with Crippen LogP contribution >= 0.6 is 11.6 Å². The second-order valence-electron chi connectivity index (χ2n) is 9.08. The molecule has 1 aliphatic carbocycles. The standard InChI is InChI=1S/C23H33ClN6O2/c1-3-14(4-2)13-32-23(31)20-11-16-10-17(9-8-15(16)12-25-20)26-19-7-5-6-18(24)21(19)22-27-29-30-28-22/h5-7,14-17,20,25-26H,3-4,8-13H2,1-2H3,(H,27,28,29,30). The number of rotatable bonds is 8. The number of H-pyrrole nitrogens is 1. The van der Waals surface area contributed by atoms with Crippen LogP contribution in [0.1, 0.15) is 52.4 Å². The number of benzene rings is 1. The fourth-order valence-corrected chi connectivity index (χ4v) is 5.32. The maximum absolute atomic E-state index is 12.7. The van der Waals surface area contributed by atoms with Crippen LogP contribution in [0.3, 0.4) is 0 Å². The third-order valence-electron chi connectivity index (χ3n) is 7.15. The van der Waals surface area contributed by atoms with Crippen LogP contribution in [0.2, 0.25) is 5.02 Å². The lowest BCUT2D eigenvalue weighted by atomic mass is 9.72. The average Bonchev–Trinajstić information content (AvgIpc) is 3.33. The lowest BCUT2D eigenvalue weighted by Gasteiger charge is -2.42. The monoisotopic (exact) mass is 460 g/mol. The summed E-state index contributed by atoms with van der Waals surface area (Å²) in [5, 5.41) is 22.1. The van der Waals surface area contributed by atoms with Crippen LogP contribution in [0.25, 0.3) is 11.4 Å². The molecule has 1 saturated carbocycles. The second kappa shape index (κ2) is 10.6. The zero-order valence-electron chi connectivity index (χ0n) is 18.8. The highest BCUT2D eigenvalue weighted by Gasteiger charge is 2.38. The first-order valence-electron chi connectivity index (χ1n) is 11.8. The molecule has 3 N–H and O–H groups in total. The van der Waals surface area contributed by atoms with Gasteiger partial charge in [-0.1, -0.05) is 44.4 Å². The molecule has 0 amide bonds. The van der Waals surface area contributed by atoms with Crippen molar-refractivity contribution < 1.29 is 9.53 Å². The Balaban J connectivity index is 1.38. The van der Waals surface area contributed by atoms with Gasteiger partial charge in [0.25, 0.3) is 0 Å². The molecule has 4 rings (SSSR count). The van der Waals surface area contributed by atoms with Crippen LogP contribution in [0.5, 0.6) is 0 Å². The zero-order valence-corrected chi connectivity index (χ0v) is 19.6. The van der Waals surface area contributed by atoms with Gasteiger partial charge in [-0.2, -0.15) is 5.21 Å². The van der Waals surface area contributed by atoms with Crippen LogP contribution in [-0.2, 0) is 9.53 Å². The van der Waals surface area contributed by atoms with Crippen molar-refractivity contribution in [1.82, 2.24) is 25.9 Å². The van der Waals surface area contributed by atoms with Crippen LogP contribution in [0.15, 0.2) is 18.2 Å². The topological polar surface area (TPSA) is 105 Å². The van der Waals surface area contributed by atoms with Gasteiger partial charge in [0.2, 0.25) is 5.82 Å². The molecule has 0 radical (unpaired) electrons. The van der Waals surface area contributed by atoms with Crippen LogP contribution in [0, 0.1) is 17.8 Å². The number of fused-ring (bicyclic) bond motifs is 1. The van der Waals surface area contributed by atoms with Gasteiger partial charge in [-0.05, 0) is 67.3 Å². The average molecular weight is 461 g/mol. The molecule has 8 nitrogen and oxygen atoms in total. The Morgan fingerprint density at radius 2 is 2.09 bits per heavy atom. The number of halogens is 1. The number of piperidine rings is 1. The number of carbonyl (C=O) groups excluding carboxylic acids is 1. The fraction of sp³-hybridized carbons (Fsp3) is 0.652. The minimum Gasteiger partial charge on any atom is -0.464 e. The Kier molecular flexibility index (Phi) is 7.63. The summed E-state index contributed by atoms with van der Waals surface area (Å²) >= 11 is 6.45. The highest BCUT2D eigenvalue weighted by atomic mass is 35.5. The molecule has 0 bridgehead atoms. The molecule has 1 aliphatic heterocycles. The van der Waals surface area contributed by atoms with Crippen molar-refractivity contribution in [3.63, 3.8) is 0 Å². The molecule has 32 heavy (non-hydrogen) atoms. The molecule has 1 saturated heterocycles. The van der Waals surface area contributed by atoms with Gasteiger partial charge in [0, 0.05) is 11.7 Å². The third-order valence-corrected chi connectivity index (χ3v) is 7.46. The number of carbonyl (C=O) groups is 1. The van der Waals surface area contributed by atoms with E-state index in [0.717, 1.165) is 56.3 Å². The summed E-state index contributed by atoms with van der Waals surface area (Å²) < 4.78 is 5.64. The summed E-state index contributed by atoms with van der Waals surface area (Å²) in [6, 6.07) is 5.87. The van der Waals surface area contributed by atoms with E-state index in [4.69, 9.17) is 16.3 Å². The van der Waals surface area contributed by atoms with Crippen molar-refractivity contribution in [2.24, 2.45) is 17.8 Å². The first kappa shape index (κ1) is 23.0. The van der Waals surface area contributed by atoms with Crippen molar-refractivity contribution in [3.05, 3.63) is 23.2 Å². The number of nitrogens with one attached hydrogen (secondary N) is 3. The number of tetrazole rings is 1. The number of aromatic nitrogens is 4. The van der Waals surface area contributed by atoms with Crippen molar-refractivity contribution >= 4 is 23.3 Å². The molecule has 4 unspecified atom stereocenters. The summed E-state index contributed by atoms with van der Waals surface area (Å²) in [6.45, 7) is 5.69. The molecule has 4 atom stereocenters. The molecule has 2 aromatic rings. The van der Waals surface area contributed by atoms with Crippen molar-refractivity contribution in [2.75, 3.05) is 18.5 Å². The predicted octanol–water partition coefficient (Wildman–Crippen LogP) is 4.06. The Labute approximate surface area is 194 Å². The summed E-state index contributed by atoms with van der Waals surface area (Å²) in [5.74, 6) is 1.92. The number of aromatic amines is 1. The summed E-state index contributed by atoms with van der Waals surface area (Å²) in [7, 11) is 0. The van der Waals surface area contributed by atoms with Crippen LogP contribution in [-0.4, -0.2) is 51.8 Å². The molecule has 2 fully saturated rings. The predicted molar refractivity (Wildman–Crippen MR) is 124 cm³/mol. The lowest BCUT2D eigenvalue weighted by molar-refractivity contribution is -0.149. The highest BCUT2D eigenvalue weighted by Crippen LogP contribution is 2.39. The molecule has 0 spiro atoms. The van der Waals surface area contributed by atoms with Gasteiger partial charge in [-0.3, -0.25) is 4.79 Å². The minimum absolute atomic E-state index is 0.0975. The largest absolute Gasteiger partial charge is 0.464 e. The molecule has 2 heterocycles. The van der Waals surface area contributed by atoms with E-state index in [1.54, 1.807) is 0 Å². The minimum atomic E-state index is -0.203. The van der Waals surface area contributed by atoms with Gasteiger partial charge in [0.15, 0.2) is 0 Å². The first-order valence-corrected chi connectivity index (χ1v) is 12.2. The smallest absolute Gasteiger partial charge is 0.323 e. The zero-order chi connectivity index (χ0) is 22.5. The number of hydrogen-bond donors (Lipinski definition) is 3. The molecule has 9 heteroatoms. The number of nitrogens with zero attached hydrogens (tertiary/aromatic N) is 3. The van der Waals surface area contributed by atoms with Gasteiger partial charge in [0.05, 0.1) is 17.2 Å². The van der Waals surface area contributed by atoms with Crippen molar-refractivity contribution in [3.8, 4) is 11.4 Å². The molecule has 1 aromatic carbocycles. The maximum Gasteiger partial charge on any atom is 0.323 e. The Morgan fingerprint density at radius 1 is 1.25 bits per heavy atom. The molecular formula is C23H33ClN6O2. The molecule has 1 aromatic heterocycles. The number of hydrogen-bond acceptors (Lipinski definition) is 7. The summed E-state index contributed by atoms with van der Waals surface area (Å²) in [4.78, 5) is 12.7. The lowest BCUT2D eigenvalue weighted by Crippen LogP contribution is -2.51. The van der Waals surface area contributed by atoms with E-state index in [0.29, 0.717) is 41.2 Å². The van der Waals surface area contributed by atoms with Crippen molar-refractivity contribution in [2.45, 2.75) is 64.5 Å². The van der Waals surface area contributed by atoms with Crippen molar-refractivity contribution in [1.29, 1.82) is 0 Å². The number of esters is 1. The molecular weight excluding hydrogens is 428 g/mol.